The lowest BCUT2D eigenvalue weighted by atomic mass is 10.1. The molecule has 0 atom stereocenters. The molecule has 0 bridgehead atoms. The minimum atomic E-state index is 0.814. The van der Waals surface area contributed by atoms with Gasteiger partial charge in [0.2, 0.25) is 0 Å². The van der Waals surface area contributed by atoms with Crippen molar-refractivity contribution in [3.05, 3.63) is 58.7 Å². The maximum Gasteiger partial charge on any atom is 0.132 e. The van der Waals surface area contributed by atoms with Crippen LogP contribution in [0.15, 0.2) is 30.5 Å². The first-order chi connectivity index (χ1) is 8.31. The second kappa shape index (κ2) is 4.26. The summed E-state index contributed by atoms with van der Waals surface area (Å²) in [5.41, 5.74) is 4.95. The zero-order valence-electron chi connectivity index (χ0n) is 9.90. The standard InChI is InChI=1S/C14H15N3/c1-10-3-2-4-11(5-10)6-14-16-8-12-7-15-9-13(12)17-14/h2-5,8,15H,6-7,9H2,1H3. The third-order valence-corrected chi connectivity index (χ3v) is 3.06. The molecule has 0 amide bonds. The van der Waals surface area contributed by atoms with Crippen LogP contribution in [0, 0.1) is 6.92 Å². The fourth-order valence-electron chi connectivity index (χ4n) is 2.19. The average molecular weight is 225 g/mol. The largest absolute Gasteiger partial charge is 0.307 e. The highest BCUT2D eigenvalue weighted by Gasteiger charge is 2.12. The Bertz CT molecular complexity index is 549. The predicted octanol–water partition coefficient (Wildman–Crippen LogP) is 1.98. The lowest BCUT2D eigenvalue weighted by Crippen LogP contribution is -2.02. The van der Waals surface area contributed by atoms with Crippen LogP contribution in [0.1, 0.15) is 28.2 Å². The lowest BCUT2D eigenvalue weighted by Gasteiger charge is -2.03. The van der Waals surface area contributed by atoms with Crippen molar-refractivity contribution in [1.29, 1.82) is 0 Å². The maximum atomic E-state index is 4.60. The molecule has 0 spiro atoms. The van der Waals surface area contributed by atoms with Crippen molar-refractivity contribution in [1.82, 2.24) is 15.3 Å². The van der Waals surface area contributed by atoms with Gasteiger partial charge < -0.3 is 5.32 Å². The van der Waals surface area contributed by atoms with Crippen LogP contribution < -0.4 is 5.32 Å². The van der Waals surface area contributed by atoms with Gasteiger partial charge in [-0.15, -0.1) is 0 Å². The summed E-state index contributed by atoms with van der Waals surface area (Å²) in [6.45, 7) is 3.88. The van der Waals surface area contributed by atoms with Gasteiger partial charge >= 0.3 is 0 Å². The van der Waals surface area contributed by atoms with Crippen molar-refractivity contribution in [2.75, 3.05) is 0 Å². The van der Waals surface area contributed by atoms with Gasteiger partial charge in [0.1, 0.15) is 5.82 Å². The molecule has 86 valence electrons. The SMILES string of the molecule is Cc1cccc(Cc2ncc3c(n2)CNC3)c1. The third kappa shape index (κ3) is 2.19. The molecule has 1 N–H and O–H groups in total. The molecule has 0 saturated heterocycles. The Morgan fingerprint density at radius 1 is 1.29 bits per heavy atom. The van der Waals surface area contributed by atoms with E-state index in [1.807, 2.05) is 6.20 Å². The summed E-state index contributed by atoms with van der Waals surface area (Å²) in [4.78, 5) is 9.03. The van der Waals surface area contributed by atoms with Gasteiger partial charge in [-0.3, -0.25) is 0 Å². The summed E-state index contributed by atoms with van der Waals surface area (Å²) >= 11 is 0. The number of benzene rings is 1. The first-order valence-corrected chi connectivity index (χ1v) is 5.91. The number of nitrogens with zero attached hydrogens (tertiary/aromatic N) is 2. The van der Waals surface area contributed by atoms with Crippen molar-refractivity contribution in [3.8, 4) is 0 Å². The van der Waals surface area contributed by atoms with Gasteiger partial charge in [0.25, 0.3) is 0 Å². The Hall–Kier alpha value is -1.74. The maximum absolute atomic E-state index is 4.60. The molecule has 1 aliphatic heterocycles. The highest BCUT2D eigenvalue weighted by Crippen LogP contribution is 2.13. The minimum absolute atomic E-state index is 0.814. The van der Waals surface area contributed by atoms with Crippen LogP contribution in [0.2, 0.25) is 0 Å². The van der Waals surface area contributed by atoms with Gasteiger partial charge in [0, 0.05) is 31.3 Å². The number of hydrogen-bond acceptors (Lipinski definition) is 3. The van der Waals surface area contributed by atoms with Crippen LogP contribution in [0.5, 0.6) is 0 Å². The van der Waals surface area contributed by atoms with E-state index in [9.17, 15) is 0 Å². The fourth-order valence-corrected chi connectivity index (χ4v) is 2.19. The van der Waals surface area contributed by atoms with E-state index in [1.165, 1.54) is 16.7 Å². The van der Waals surface area contributed by atoms with Crippen molar-refractivity contribution >= 4 is 0 Å². The molecule has 1 aliphatic rings. The predicted molar refractivity (Wildman–Crippen MR) is 66.6 cm³/mol. The topological polar surface area (TPSA) is 37.8 Å². The summed E-state index contributed by atoms with van der Waals surface area (Å²) in [5, 5.41) is 3.29. The zero-order valence-corrected chi connectivity index (χ0v) is 9.90. The molecule has 2 heterocycles. The van der Waals surface area contributed by atoms with E-state index in [-0.39, 0.29) is 0 Å². The van der Waals surface area contributed by atoms with Gasteiger partial charge in [-0.2, -0.15) is 0 Å². The van der Waals surface area contributed by atoms with Crippen LogP contribution in [0.25, 0.3) is 0 Å². The summed E-state index contributed by atoms with van der Waals surface area (Å²) in [7, 11) is 0. The summed E-state index contributed by atoms with van der Waals surface area (Å²) in [6.07, 6.45) is 2.77. The molecule has 0 radical (unpaired) electrons. The Morgan fingerprint density at radius 2 is 2.24 bits per heavy atom. The Kier molecular flexibility index (Phi) is 2.61. The number of rotatable bonds is 2. The fraction of sp³-hybridized carbons (Fsp3) is 0.286. The van der Waals surface area contributed by atoms with E-state index >= 15 is 0 Å². The molecular formula is C14H15N3. The van der Waals surface area contributed by atoms with E-state index in [4.69, 9.17) is 0 Å². The van der Waals surface area contributed by atoms with Gasteiger partial charge in [-0.25, -0.2) is 9.97 Å². The van der Waals surface area contributed by atoms with E-state index in [1.54, 1.807) is 0 Å². The summed E-state index contributed by atoms with van der Waals surface area (Å²) < 4.78 is 0. The van der Waals surface area contributed by atoms with E-state index in [0.717, 1.165) is 31.0 Å². The third-order valence-electron chi connectivity index (χ3n) is 3.06. The Morgan fingerprint density at radius 3 is 3.12 bits per heavy atom. The first-order valence-electron chi connectivity index (χ1n) is 5.91. The average Bonchev–Trinajstić information content (AvgIpc) is 2.76. The van der Waals surface area contributed by atoms with Crippen LogP contribution in [-0.4, -0.2) is 9.97 Å². The quantitative estimate of drug-likeness (QED) is 0.849. The number of aryl methyl sites for hydroxylation is 1. The van der Waals surface area contributed by atoms with Gasteiger partial charge in [-0.1, -0.05) is 29.8 Å². The highest BCUT2D eigenvalue weighted by molar-refractivity contribution is 5.27. The molecule has 3 nitrogen and oxygen atoms in total. The Labute approximate surface area is 101 Å². The van der Waals surface area contributed by atoms with Crippen molar-refractivity contribution < 1.29 is 0 Å². The summed E-state index contributed by atoms with van der Waals surface area (Å²) in [6, 6.07) is 8.51. The molecular weight excluding hydrogens is 210 g/mol. The number of aromatic nitrogens is 2. The monoisotopic (exact) mass is 225 g/mol. The molecule has 0 unspecified atom stereocenters. The highest BCUT2D eigenvalue weighted by atomic mass is 15.0. The molecule has 17 heavy (non-hydrogen) atoms. The zero-order chi connectivity index (χ0) is 11.7. The van der Waals surface area contributed by atoms with Gasteiger partial charge in [0.05, 0.1) is 5.69 Å². The van der Waals surface area contributed by atoms with E-state index in [0.29, 0.717) is 0 Å². The minimum Gasteiger partial charge on any atom is -0.307 e. The van der Waals surface area contributed by atoms with Gasteiger partial charge in [-0.05, 0) is 12.5 Å². The molecule has 0 fully saturated rings. The second-order valence-electron chi connectivity index (χ2n) is 4.53. The lowest BCUT2D eigenvalue weighted by molar-refractivity contribution is 0.756. The molecule has 3 rings (SSSR count). The molecule has 0 aliphatic carbocycles. The van der Waals surface area contributed by atoms with Crippen LogP contribution in [0.3, 0.4) is 0 Å². The van der Waals surface area contributed by atoms with E-state index < -0.39 is 0 Å². The van der Waals surface area contributed by atoms with Crippen molar-refractivity contribution in [2.24, 2.45) is 0 Å². The molecule has 3 heteroatoms. The number of nitrogens with one attached hydrogen (secondary N) is 1. The molecule has 1 aromatic heterocycles. The second-order valence-corrected chi connectivity index (χ2v) is 4.53. The van der Waals surface area contributed by atoms with Crippen molar-refractivity contribution in [3.63, 3.8) is 0 Å². The summed E-state index contributed by atoms with van der Waals surface area (Å²) in [5.74, 6) is 0.915. The molecule has 2 aromatic rings. The van der Waals surface area contributed by atoms with Crippen LogP contribution in [-0.2, 0) is 19.5 Å². The number of hydrogen-bond donors (Lipinski definition) is 1. The Balaban J connectivity index is 1.86. The molecule has 0 saturated carbocycles. The first kappa shape index (κ1) is 10.4. The van der Waals surface area contributed by atoms with Gasteiger partial charge in [0.15, 0.2) is 0 Å². The van der Waals surface area contributed by atoms with Crippen molar-refractivity contribution in [2.45, 2.75) is 26.4 Å². The van der Waals surface area contributed by atoms with Crippen LogP contribution in [0.4, 0.5) is 0 Å². The smallest absolute Gasteiger partial charge is 0.132 e. The molecule has 1 aromatic carbocycles. The van der Waals surface area contributed by atoms with E-state index in [2.05, 4.69) is 46.5 Å². The van der Waals surface area contributed by atoms with Crippen LogP contribution >= 0.6 is 0 Å². The normalized spacial score (nSPS) is 13.7. The number of fused-ring (bicyclic) bond motifs is 1.